The lowest BCUT2D eigenvalue weighted by molar-refractivity contribution is -0.143. The van der Waals surface area contributed by atoms with Gasteiger partial charge in [-0.05, 0) is 26.7 Å². The summed E-state index contributed by atoms with van der Waals surface area (Å²) in [7, 11) is 0. The molecule has 15 nitrogen and oxygen atoms in total. The van der Waals surface area contributed by atoms with E-state index in [1.807, 2.05) is 0 Å². The van der Waals surface area contributed by atoms with Crippen LogP contribution in [0.4, 0.5) is 4.79 Å². The van der Waals surface area contributed by atoms with Gasteiger partial charge in [0.2, 0.25) is 17.7 Å². The molecular weight excluding hydrogens is 524 g/mol. The summed E-state index contributed by atoms with van der Waals surface area (Å²) in [5.74, 6) is -2.24. The molecule has 0 aromatic carbocycles. The van der Waals surface area contributed by atoms with Crippen LogP contribution < -0.4 is 22.1 Å². The number of hydrogen-bond acceptors (Lipinski definition) is 9. The van der Waals surface area contributed by atoms with Crippen LogP contribution in [0.2, 0.25) is 0 Å². The van der Waals surface area contributed by atoms with Crippen molar-refractivity contribution < 1.29 is 34.5 Å². The third-order valence-corrected chi connectivity index (χ3v) is 7.11. The first-order valence-electron chi connectivity index (χ1n) is 12.2. The van der Waals surface area contributed by atoms with Crippen molar-refractivity contribution >= 4 is 36.2 Å². The van der Waals surface area contributed by atoms with E-state index in [2.05, 4.69) is 20.9 Å². The summed E-state index contributed by atoms with van der Waals surface area (Å²) in [5.41, 5.74) is 9.12. The van der Waals surface area contributed by atoms with Crippen LogP contribution in [-0.2, 0) is 20.0 Å². The number of nitrogens with one attached hydrogen (secondary N) is 2. The summed E-state index contributed by atoms with van der Waals surface area (Å²) in [6, 6.07) is -2.91. The molecule has 2 heterocycles. The molecule has 4 amide bonds. The highest BCUT2D eigenvalue weighted by molar-refractivity contribution is 5.92. The van der Waals surface area contributed by atoms with Crippen molar-refractivity contribution in [2.24, 2.45) is 11.5 Å². The third kappa shape index (κ3) is 6.70. The van der Waals surface area contributed by atoms with Crippen molar-refractivity contribution in [1.82, 2.24) is 30.5 Å². The molecule has 16 heteroatoms. The smallest absolute Gasteiger partial charge is 0.404 e. The molecule has 1 aromatic rings. The minimum absolute atomic E-state index is 0. The van der Waals surface area contributed by atoms with Gasteiger partial charge in [0.25, 0.3) is 0 Å². The van der Waals surface area contributed by atoms with Crippen molar-refractivity contribution in [3.63, 3.8) is 0 Å². The molecule has 1 aliphatic heterocycles. The number of carbonyl (C=O) groups is 4. The maximum absolute atomic E-state index is 13.6. The summed E-state index contributed by atoms with van der Waals surface area (Å²) < 4.78 is 1.45. The Kier molecular flexibility index (Phi) is 10.0. The highest BCUT2D eigenvalue weighted by Gasteiger charge is 2.48. The van der Waals surface area contributed by atoms with E-state index in [9.17, 15) is 29.4 Å². The van der Waals surface area contributed by atoms with Crippen molar-refractivity contribution in [2.45, 2.75) is 87.7 Å². The molecule has 2 fully saturated rings. The van der Waals surface area contributed by atoms with Gasteiger partial charge >= 0.3 is 6.09 Å². The number of primary amides is 1. The van der Waals surface area contributed by atoms with Gasteiger partial charge in [-0.25, -0.2) is 9.48 Å². The molecule has 2 aliphatic rings. The maximum Gasteiger partial charge on any atom is 0.404 e. The Balaban J connectivity index is 0.00000507. The molecule has 0 radical (unpaired) electrons. The summed E-state index contributed by atoms with van der Waals surface area (Å²) in [6.45, 7) is 2.72. The second-order valence-corrected chi connectivity index (χ2v) is 10.3. The Morgan fingerprint density at radius 2 is 1.87 bits per heavy atom. The summed E-state index contributed by atoms with van der Waals surface area (Å²) in [6.07, 6.45) is 1.37. The molecule has 1 saturated heterocycles. The van der Waals surface area contributed by atoms with E-state index in [1.54, 1.807) is 13.8 Å². The fraction of sp³-hybridized carbons (Fsp3) is 0.727. The Morgan fingerprint density at radius 1 is 1.24 bits per heavy atom. The number of rotatable bonds is 9. The highest BCUT2D eigenvalue weighted by atomic mass is 35.5. The number of aliphatic hydroxyl groups is 2. The van der Waals surface area contributed by atoms with E-state index < -0.39 is 59.2 Å². The van der Waals surface area contributed by atoms with E-state index in [0.717, 1.165) is 6.42 Å². The lowest BCUT2D eigenvalue weighted by Gasteiger charge is -2.41. The van der Waals surface area contributed by atoms with Crippen LogP contribution in [0.1, 0.15) is 64.1 Å². The zero-order chi connectivity index (χ0) is 27.5. The monoisotopic (exact) mass is 560 g/mol. The molecule has 1 saturated carbocycles. The molecule has 2 unspecified atom stereocenters. The van der Waals surface area contributed by atoms with E-state index >= 15 is 0 Å². The van der Waals surface area contributed by atoms with Gasteiger partial charge in [-0.3, -0.25) is 14.4 Å². The van der Waals surface area contributed by atoms with Gasteiger partial charge < -0.3 is 42.3 Å². The number of aliphatic hydroxyl groups excluding tert-OH is 1. The number of likely N-dealkylation sites (tertiary alicyclic amines) is 1. The van der Waals surface area contributed by atoms with Gasteiger partial charge in [0.1, 0.15) is 17.7 Å². The van der Waals surface area contributed by atoms with Gasteiger partial charge in [-0.2, -0.15) is 0 Å². The molecule has 0 spiro atoms. The van der Waals surface area contributed by atoms with Gasteiger partial charge in [0.15, 0.2) is 6.10 Å². The molecule has 1 aliphatic carbocycles. The van der Waals surface area contributed by atoms with Crippen LogP contribution in [0.15, 0.2) is 6.20 Å². The first kappa shape index (κ1) is 31.2. The quantitative estimate of drug-likeness (QED) is 0.181. The van der Waals surface area contributed by atoms with Crippen LogP contribution in [0.5, 0.6) is 0 Å². The third-order valence-electron chi connectivity index (χ3n) is 7.11. The maximum atomic E-state index is 13.6. The number of aromatic nitrogens is 3. The second kappa shape index (κ2) is 12.2. The molecule has 0 bridgehead atoms. The van der Waals surface area contributed by atoms with Crippen molar-refractivity contribution in [3.8, 4) is 0 Å². The fourth-order valence-electron chi connectivity index (χ4n) is 5.18. The van der Waals surface area contributed by atoms with Crippen molar-refractivity contribution in [2.75, 3.05) is 13.1 Å². The van der Waals surface area contributed by atoms with Gasteiger partial charge in [0, 0.05) is 19.5 Å². The Bertz CT molecular complexity index is 1020. The lowest BCUT2D eigenvalue weighted by Crippen LogP contribution is -2.64. The van der Waals surface area contributed by atoms with Crippen LogP contribution >= 0.6 is 12.4 Å². The number of amides is 4. The SMILES string of the molecule is CC(C)(O)c1cnnn1[C@H]1C[C@@H](C(=O)NC2(C(O)C(N)=O)CCCCC2)N(C(=O)C(N)CNC(=O)O)C1.Cl. The normalized spacial score (nSPS) is 22.6. The number of nitrogens with two attached hydrogens (primary N) is 2. The van der Waals surface area contributed by atoms with Crippen molar-refractivity contribution in [1.29, 1.82) is 0 Å². The predicted molar refractivity (Wildman–Crippen MR) is 135 cm³/mol. The second-order valence-electron chi connectivity index (χ2n) is 10.3. The summed E-state index contributed by atoms with van der Waals surface area (Å²) >= 11 is 0. The zero-order valence-electron chi connectivity index (χ0n) is 21.4. The van der Waals surface area contributed by atoms with Gasteiger partial charge in [0.05, 0.1) is 23.5 Å². The molecule has 38 heavy (non-hydrogen) atoms. The Labute approximate surface area is 225 Å². The van der Waals surface area contributed by atoms with Crippen molar-refractivity contribution in [3.05, 3.63) is 11.9 Å². The molecule has 3 rings (SSSR count). The minimum atomic E-state index is -1.61. The largest absolute Gasteiger partial charge is 0.465 e. The topological polar surface area (TPSA) is 239 Å². The first-order valence-corrected chi connectivity index (χ1v) is 12.2. The number of nitrogens with zero attached hydrogens (tertiary/aromatic N) is 4. The van der Waals surface area contributed by atoms with Crippen LogP contribution in [0.25, 0.3) is 0 Å². The standard InChI is InChI=1S/C22H36N8O7.ClH/c1-21(2,37)15-10-26-28-30(15)12-8-14(29(11-12)19(34)13(23)9-25-20(35)36)18(33)27-22(16(31)17(24)32)6-4-3-5-7-22;/h10,12-14,16,25,31,37H,3-9,11,23H2,1-2H3,(H2,24,32)(H,27,33)(H,35,36);1H/t12-,13?,14-,16?;/m0./s1. The summed E-state index contributed by atoms with van der Waals surface area (Å²) in [5, 5.41) is 42.8. The number of halogens is 1. The van der Waals surface area contributed by atoms with E-state index in [1.165, 1.54) is 15.8 Å². The molecule has 1 aromatic heterocycles. The number of carbonyl (C=O) groups excluding carboxylic acids is 3. The zero-order valence-corrected chi connectivity index (χ0v) is 22.2. The van der Waals surface area contributed by atoms with E-state index in [-0.39, 0.29) is 31.9 Å². The van der Waals surface area contributed by atoms with Crippen LogP contribution in [0, 0.1) is 0 Å². The highest BCUT2D eigenvalue weighted by Crippen LogP contribution is 2.34. The average molecular weight is 561 g/mol. The molecule has 9 N–H and O–H groups in total. The fourth-order valence-corrected chi connectivity index (χ4v) is 5.18. The molecular formula is C22H37ClN8O7. The Morgan fingerprint density at radius 3 is 2.42 bits per heavy atom. The van der Waals surface area contributed by atoms with Crippen LogP contribution in [0.3, 0.4) is 0 Å². The predicted octanol–water partition coefficient (Wildman–Crippen LogP) is -1.67. The summed E-state index contributed by atoms with van der Waals surface area (Å²) in [4.78, 5) is 50.9. The van der Waals surface area contributed by atoms with E-state index in [4.69, 9.17) is 16.6 Å². The molecule has 4 atom stereocenters. The molecule has 214 valence electrons. The number of hydrogen-bond donors (Lipinski definition) is 7. The average Bonchev–Trinajstić information content (AvgIpc) is 3.49. The van der Waals surface area contributed by atoms with Gasteiger partial charge in [-0.1, -0.05) is 24.5 Å². The lowest BCUT2D eigenvalue weighted by atomic mass is 9.77. The van der Waals surface area contributed by atoms with Crippen LogP contribution in [-0.4, -0.2) is 95.8 Å². The number of carboxylic acid groups (broad SMARTS) is 1. The van der Waals surface area contributed by atoms with E-state index in [0.29, 0.717) is 31.4 Å². The Hall–Kier alpha value is -3.01. The van der Waals surface area contributed by atoms with Gasteiger partial charge in [-0.15, -0.1) is 17.5 Å². The minimum Gasteiger partial charge on any atom is -0.465 e. The first-order chi connectivity index (χ1) is 17.3.